The van der Waals surface area contributed by atoms with Crippen molar-refractivity contribution < 1.29 is 4.74 Å². The zero-order valence-corrected chi connectivity index (χ0v) is 9.55. The Kier molecular flexibility index (Phi) is 4.99. The van der Waals surface area contributed by atoms with Gasteiger partial charge in [0.15, 0.2) is 0 Å². The number of hydrogen-bond donors (Lipinski definition) is 0. The Morgan fingerprint density at radius 1 is 1.29 bits per heavy atom. The molecule has 0 aliphatic heterocycles. The molecule has 1 nitrogen and oxygen atoms in total. The summed E-state index contributed by atoms with van der Waals surface area (Å²) < 4.78 is 5.11. The fraction of sp³-hybridized carbons (Fsp3) is 0.500. The van der Waals surface area contributed by atoms with E-state index >= 15 is 0 Å². The molecule has 1 atom stereocenters. The largest absolute Gasteiger partial charge is 0.384 e. The molecular formula is C12H17ClO. The molecule has 78 valence electrons. The van der Waals surface area contributed by atoms with Crippen LogP contribution in [0.3, 0.4) is 0 Å². The molecular weight excluding hydrogens is 196 g/mol. The van der Waals surface area contributed by atoms with E-state index in [0.29, 0.717) is 11.8 Å². The molecule has 14 heavy (non-hydrogen) atoms. The van der Waals surface area contributed by atoms with Gasteiger partial charge < -0.3 is 4.74 Å². The number of aryl methyl sites for hydroxylation is 1. The molecule has 0 radical (unpaired) electrons. The van der Waals surface area contributed by atoms with Gasteiger partial charge in [-0.05, 0) is 24.8 Å². The number of ether oxygens (including phenoxy) is 1. The number of rotatable bonds is 5. The first-order valence-electron chi connectivity index (χ1n) is 4.86. The van der Waals surface area contributed by atoms with Gasteiger partial charge in [-0.25, -0.2) is 0 Å². The van der Waals surface area contributed by atoms with Crippen LogP contribution in [0.1, 0.15) is 11.1 Å². The van der Waals surface area contributed by atoms with Gasteiger partial charge >= 0.3 is 0 Å². The van der Waals surface area contributed by atoms with Crippen molar-refractivity contribution in [3.05, 3.63) is 35.4 Å². The molecule has 0 amide bonds. The van der Waals surface area contributed by atoms with E-state index in [4.69, 9.17) is 16.3 Å². The van der Waals surface area contributed by atoms with Gasteiger partial charge in [0.1, 0.15) is 0 Å². The molecule has 0 aliphatic carbocycles. The highest BCUT2D eigenvalue weighted by Gasteiger charge is 2.07. The third kappa shape index (κ3) is 3.69. The van der Waals surface area contributed by atoms with E-state index in [0.717, 1.165) is 13.0 Å². The zero-order valence-electron chi connectivity index (χ0n) is 8.79. The molecule has 1 unspecified atom stereocenters. The number of alkyl halides is 1. The molecule has 0 saturated heterocycles. The quantitative estimate of drug-likeness (QED) is 0.682. The first-order valence-corrected chi connectivity index (χ1v) is 5.40. The van der Waals surface area contributed by atoms with Crippen LogP contribution in [0.15, 0.2) is 24.3 Å². The van der Waals surface area contributed by atoms with Crippen molar-refractivity contribution in [2.24, 2.45) is 5.92 Å². The van der Waals surface area contributed by atoms with Crippen molar-refractivity contribution in [3.63, 3.8) is 0 Å². The maximum atomic E-state index is 5.85. The lowest BCUT2D eigenvalue weighted by molar-refractivity contribution is 0.161. The molecule has 0 heterocycles. The lowest BCUT2D eigenvalue weighted by atomic mass is 10.0. The van der Waals surface area contributed by atoms with E-state index in [1.807, 2.05) is 0 Å². The van der Waals surface area contributed by atoms with Gasteiger partial charge in [0, 0.05) is 13.0 Å². The van der Waals surface area contributed by atoms with Gasteiger partial charge in [-0.1, -0.05) is 29.8 Å². The van der Waals surface area contributed by atoms with Gasteiger partial charge in [-0.3, -0.25) is 0 Å². The first-order chi connectivity index (χ1) is 6.76. The average molecular weight is 213 g/mol. The van der Waals surface area contributed by atoms with Crippen LogP contribution in [0.25, 0.3) is 0 Å². The van der Waals surface area contributed by atoms with Crippen molar-refractivity contribution in [3.8, 4) is 0 Å². The molecule has 1 aromatic carbocycles. The van der Waals surface area contributed by atoms with Crippen LogP contribution in [0, 0.1) is 12.8 Å². The molecule has 1 aromatic rings. The van der Waals surface area contributed by atoms with Crippen molar-refractivity contribution in [1.82, 2.24) is 0 Å². The minimum absolute atomic E-state index is 0.421. The molecule has 0 aliphatic rings. The number of hydrogen-bond acceptors (Lipinski definition) is 1. The molecule has 0 N–H and O–H groups in total. The van der Waals surface area contributed by atoms with Crippen LogP contribution in [0.5, 0.6) is 0 Å². The molecule has 0 aromatic heterocycles. The predicted octanol–water partition coefficient (Wildman–Crippen LogP) is 3.04. The summed E-state index contributed by atoms with van der Waals surface area (Å²) >= 11 is 5.85. The fourth-order valence-electron chi connectivity index (χ4n) is 1.45. The van der Waals surface area contributed by atoms with Gasteiger partial charge in [0.2, 0.25) is 0 Å². The summed E-state index contributed by atoms with van der Waals surface area (Å²) in [4.78, 5) is 0. The Labute approximate surface area is 91.0 Å². The molecule has 2 heteroatoms. The smallest absolute Gasteiger partial charge is 0.0505 e. The third-order valence-electron chi connectivity index (χ3n) is 2.27. The van der Waals surface area contributed by atoms with Crippen molar-refractivity contribution in [2.75, 3.05) is 19.6 Å². The molecule has 0 spiro atoms. The minimum atomic E-state index is 0.421. The van der Waals surface area contributed by atoms with Crippen LogP contribution in [-0.4, -0.2) is 19.6 Å². The van der Waals surface area contributed by atoms with E-state index in [1.165, 1.54) is 11.1 Å². The number of methoxy groups -OCH3 is 1. The maximum absolute atomic E-state index is 5.85. The first kappa shape index (κ1) is 11.5. The summed E-state index contributed by atoms with van der Waals surface area (Å²) in [6, 6.07) is 8.58. The lowest BCUT2D eigenvalue weighted by Crippen LogP contribution is -2.12. The van der Waals surface area contributed by atoms with Crippen molar-refractivity contribution in [2.45, 2.75) is 13.3 Å². The van der Waals surface area contributed by atoms with Gasteiger partial charge in [0.25, 0.3) is 0 Å². The Morgan fingerprint density at radius 3 is 2.43 bits per heavy atom. The second kappa shape index (κ2) is 6.05. The Hall–Kier alpha value is -0.530. The SMILES string of the molecule is COCC(CCl)Cc1ccc(C)cc1. The van der Waals surface area contributed by atoms with E-state index in [2.05, 4.69) is 31.2 Å². The number of halogens is 1. The zero-order chi connectivity index (χ0) is 10.4. The van der Waals surface area contributed by atoms with Crippen molar-refractivity contribution in [1.29, 1.82) is 0 Å². The Balaban J connectivity index is 2.53. The standard InChI is InChI=1S/C12H17ClO/c1-10-3-5-11(6-4-10)7-12(8-13)9-14-2/h3-6,12H,7-9H2,1-2H3. The molecule has 0 fully saturated rings. The van der Waals surface area contributed by atoms with Crippen LogP contribution in [0.4, 0.5) is 0 Å². The summed E-state index contributed by atoms with van der Waals surface area (Å²) in [5.41, 5.74) is 2.63. The third-order valence-corrected chi connectivity index (χ3v) is 2.70. The van der Waals surface area contributed by atoms with Crippen LogP contribution in [0.2, 0.25) is 0 Å². The van der Waals surface area contributed by atoms with E-state index in [9.17, 15) is 0 Å². The lowest BCUT2D eigenvalue weighted by Gasteiger charge is -2.12. The highest BCUT2D eigenvalue weighted by atomic mass is 35.5. The second-order valence-electron chi connectivity index (χ2n) is 3.67. The van der Waals surface area contributed by atoms with Gasteiger partial charge in [-0.2, -0.15) is 0 Å². The highest BCUT2D eigenvalue weighted by Crippen LogP contribution is 2.11. The minimum Gasteiger partial charge on any atom is -0.384 e. The molecule has 0 bridgehead atoms. The molecule has 0 saturated carbocycles. The Bertz CT molecular complexity index is 256. The monoisotopic (exact) mass is 212 g/mol. The van der Waals surface area contributed by atoms with Gasteiger partial charge in [0.05, 0.1) is 6.61 Å². The van der Waals surface area contributed by atoms with E-state index in [-0.39, 0.29) is 0 Å². The number of benzene rings is 1. The van der Waals surface area contributed by atoms with Crippen LogP contribution >= 0.6 is 11.6 Å². The summed E-state index contributed by atoms with van der Waals surface area (Å²) in [5, 5.41) is 0. The van der Waals surface area contributed by atoms with Gasteiger partial charge in [-0.15, -0.1) is 11.6 Å². The van der Waals surface area contributed by atoms with E-state index < -0.39 is 0 Å². The summed E-state index contributed by atoms with van der Waals surface area (Å²) in [5.74, 6) is 1.08. The van der Waals surface area contributed by atoms with Crippen molar-refractivity contribution >= 4 is 11.6 Å². The normalized spacial score (nSPS) is 12.8. The average Bonchev–Trinajstić information content (AvgIpc) is 2.20. The summed E-state index contributed by atoms with van der Waals surface area (Å²) in [6.45, 7) is 2.83. The predicted molar refractivity (Wildman–Crippen MR) is 61.0 cm³/mol. The highest BCUT2D eigenvalue weighted by molar-refractivity contribution is 6.18. The van der Waals surface area contributed by atoms with E-state index in [1.54, 1.807) is 7.11 Å². The fourth-order valence-corrected chi connectivity index (χ4v) is 1.65. The second-order valence-corrected chi connectivity index (χ2v) is 3.97. The Morgan fingerprint density at radius 2 is 1.93 bits per heavy atom. The maximum Gasteiger partial charge on any atom is 0.0505 e. The summed E-state index contributed by atoms with van der Waals surface area (Å²) in [7, 11) is 1.72. The van der Waals surface area contributed by atoms with Crippen LogP contribution in [-0.2, 0) is 11.2 Å². The molecule has 1 rings (SSSR count). The van der Waals surface area contributed by atoms with Crippen LogP contribution < -0.4 is 0 Å². The summed E-state index contributed by atoms with van der Waals surface area (Å²) in [6.07, 6.45) is 0.998. The topological polar surface area (TPSA) is 9.23 Å².